The molecule has 0 heterocycles. The van der Waals surface area contributed by atoms with Crippen molar-refractivity contribution in [1.82, 2.24) is 0 Å². The van der Waals surface area contributed by atoms with Gasteiger partial charge in [-0.2, -0.15) is 0 Å². The first-order chi connectivity index (χ1) is 9.07. The Bertz CT molecular complexity index is 364. The Morgan fingerprint density at radius 3 is 2.00 bits per heavy atom. The van der Waals surface area contributed by atoms with Gasteiger partial charge >= 0.3 is 8.80 Å². The average molecular weight is 394 g/mol. The average Bonchev–Trinajstić information content (AvgIpc) is 2.49. The van der Waals surface area contributed by atoms with Crippen molar-refractivity contribution in [2.24, 2.45) is 0 Å². The molecule has 0 spiro atoms. The van der Waals surface area contributed by atoms with Gasteiger partial charge in [-0.05, 0) is 18.4 Å². The number of hydrogen-bond acceptors (Lipinski definition) is 3. The molecule has 0 radical (unpaired) electrons. The molecule has 3 nitrogen and oxygen atoms in total. The first-order valence-electron chi connectivity index (χ1n) is 6.54. The summed E-state index contributed by atoms with van der Waals surface area (Å²) in [5.74, 6) is 0. The maximum atomic E-state index is 6.15. The van der Waals surface area contributed by atoms with E-state index in [1.54, 1.807) is 14.2 Å². The van der Waals surface area contributed by atoms with E-state index >= 15 is 0 Å². The molecule has 1 aromatic carbocycles. The molecule has 0 atom stereocenters. The zero-order valence-electron chi connectivity index (χ0n) is 12.1. The van der Waals surface area contributed by atoms with Gasteiger partial charge in [0.1, 0.15) is 0 Å². The molecule has 5 heteroatoms. The minimum atomic E-state index is -2.69. The first-order valence-corrected chi connectivity index (χ1v) is 9.35. The molecule has 0 amide bonds. The van der Waals surface area contributed by atoms with Gasteiger partial charge < -0.3 is 13.3 Å². The molecular formula is C14H23IO3Si. The third-order valence-corrected chi connectivity index (χ3v) is 10.4. The minimum absolute atomic E-state index is 0.0803. The number of alkyl halides is 1. The molecule has 1 rings (SSSR count). The highest BCUT2D eigenvalue weighted by molar-refractivity contribution is 14.1. The second-order valence-electron chi connectivity index (χ2n) is 4.41. The SMILES string of the molecule is CCC(I)(CC)[Si](OC)(OC)OCc1ccccc1. The Balaban J connectivity index is 2.88. The van der Waals surface area contributed by atoms with Crippen molar-refractivity contribution in [1.29, 1.82) is 0 Å². The molecule has 19 heavy (non-hydrogen) atoms. The summed E-state index contributed by atoms with van der Waals surface area (Å²) >= 11 is 2.45. The maximum Gasteiger partial charge on any atom is 0.517 e. The van der Waals surface area contributed by atoms with E-state index in [-0.39, 0.29) is 3.04 Å². The fourth-order valence-corrected chi connectivity index (χ4v) is 6.54. The molecular weight excluding hydrogens is 371 g/mol. The molecule has 108 valence electrons. The van der Waals surface area contributed by atoms with Crippen LogP contribution in [0.4, 0.5) is 0 Å². The molecule has 1 aromatic rings. The van der Waals surface area contributed by atoms with Crippen molar-refractivity contribution in [2.75, 3.05) is 14.2 Å². The normalized spacial score (nSPS) is 12.7. The van der Waals surface area contributed by atoms with Gasteiger partial charge in [0, 0.05) is 14.2 Å². The van der Waals surface area contributed by atoms with Gasteiger partial charge in [0.2, 0.25) is 0 Å². The third kappa shape index (κ3) is 3.78. The highest BCUT2D eigenvalue weighted by atomic mass is 127. The lowest BCUT2D eigenvalue weighted by atomic mass is 10.2. The largest absolute Gasteiger partial charge is 0.517 e. The van der Waals surface area contributed by atoms with Crippen LogP contribution in [0.1, 0.15) is 32.3 Å². The fourth-order valence-electron chi connectivity index (χ4n) is 2.13. The molecule has 0 aromatic heterocycles. The first kappa shape index (κ1) is 17.1. The van der Waals surface area contributed by atoms with Gasteiger partial charge in [0.15, 0.2) is 0 Å². The molecule has 0 aliphatic rings. The molecule has 0 aliphatic carbocycles. The van der Waals surface area contributed by atoms with Crippen molar-refractivity contribution >= 4 is 31.4 Å². The molecule has 0 fully saturated rings. The number of halogens is 1. The standard InChI is InChI=1S/C14H23IO3Si/c1-5-14(15,6-2)19(16-3,17-4)18-12-13-10-8-7-9-11-13/h7-11H,5-6,12H2,1-4H3. The van der Waals surface area contributed by atoms with Gasteiger partial charge in [0.05, 0.1) is 9.65 Å². The summed E-state index contributed by atoms with van der Waals surface area (Å²) in [5.41, 5.74) is 1.14. The van der Waals surface area contributed by atoms with Gasteiger partial charge in [0.25, 0.3) is 0 Å². The smallest absolute Gasteiger partial charge is 0.376 e. The summed E-state index contributed by atoms with van der Waals surface area (Å²) < 4.78 is 17.6. The number of hydrogen-bond donors (Lipinski definition) is 0. The third-order valence-electron chi connectivity index (χ3n) is 3.48. The van der Waals surface area contributed by atoms with E-state index in [4.69, 9.17) is 13.3 Å². The summed E-state index contributed by atoms with van der Waals surface area (Å²) in [6.45, 7) is 4.84. The quantitative estimate of drug-likeness (QED) is 0.380. The van der Waals surface area contributed by atoms with E-state index in [0.29, 0.717) is 6.61 Å². The van der Waals surface area contributed by atoms with Crippen LogP contribution in [0.25, 0.3) is 0 Å². The molecule has 0 N–H and O–H groups in total. The minimum Gasteiger partial charge on any atom is -0.376 e. The summed E-state index contributed by atoms with van der Waals surface area (Å²) in [6.07, 6.45) is 1.93. The van der Waals surface area contributed by atoms with Crippen LogP contribution in [-0.2, 0) is 19.9 Å². The molecule has 0 saturated heterocycles. The van der Waals surface area contributed by atoms with Crippen LogP contribution in [0.3, 0.4) is 0 Å². The monoisotopic (exact) mass is 394 g/mol. The zero-order valence-corrected chi connectivity index (χ0v) is 15.3. The van der Waals surface area contributed by atoms with Crippen molar-refractivity contribution in [3.8, 4) is 0 Å². The van der Waals surface area contributed by atoms with Gasteiger partial charge in [-0.3, -0.25) is 0 Å². The summed E-state index contributed by atoms with van der Waals surface area (Å²) in [7, 11) is 0.695. The van der Waals surface area contributed by atoms with Crippen molar-refractivity contribution < 1.29 is 13.3 Å². The second kappa shape index (κ2) is 7.73. The fraction of sp³-hybridized carbons (Fsp3) is 0.571. The van der Waals surface area contributed by atoms with Crippen molar-refractivity contribution in [2.45, 2.75) is 36.3 Å². The van der Waals surface area contributed by atoms with E-state index in [1.165, 1.54) is 0 Å². The number of rotatable bonds is 8. The van der Waals surface area contributed by atoms with E-state index in [2.05, 4.69) is 48.6 Å². The van der Waals surface area contributed by atoms with E-state index < -0.39 is 8.80 Å². The van der Waals surface area contributed by atoms with Crippen LogP contribution >= 0.6 is 22.6 Å². The Morgan fingerprint density at radius 2 is 1.58 bits per heavy atom. The van der Waals surface area contributed by atoms with E-state index in [0.717, 1.165) is 18.4 Å². The maximum absolute atomic E-state index is 6.15. The molecule has 0 bridgehead atoms. The lowest BCUT2D eigenvalue weighted by molar-refractivity contribution is 0.0778. The highest BCUT2D eigenvalue weighted by Gasteiger charge is 2.57. The summed E-state index contributed by atoms with van der Waals surface area (Å²) in [5, 5.41) is 0. The highest BCUT2D eigenvalue weighted by Crippen LogP contribution is 2.39. The van der Waals surface area contributed by atoms with Crippen LogP contribution in [-0.4, -0.2) is 26.1 Å². The zero-order chi connectivity index (χ0) is 14.4. The van der Waals surface area contributed by atoms with Crippen LogP contribution in [0.2, 0.25) is 0 Å². The van der Waals surface area contributed by atoms with E-state index in [1.807, 2.05) is 18.2 Å². The Kier molecular flexibility index (Phi) is 6.96. The van der Waals surface area contributed by atoms with Crippen LogP contribution < -0.4 is 0 Å². The van der Waals surface area contributed by atoms with Crippen LogP contribution in [0, 0.1) is 0 Å². The Hall–Kier alpha value is 0.0469. The van der Waals surface area contributed by atoms with Crippen LogP contribution in [0.5, 0.6) is 0 Å². The number of benzene rings is 1. The van der Waals surface area contributed by atoms with Gasteiger partial charge in [-0.15, -0.1) is 0 Å². The summed E-state index contributed by atoms with van der Waals surface area (Å²) in [6, 6.07) is 10.1. The molecule has 0 saturated carbocycles. The summed E-state index contributed by atoms with van der Waals surface area (Å²) in [4.78, 5) is 0. The van der Waals surface area contributed by atoms with Gasteiger partial charge in [-0.1, -0.05) is 66.8 Å². The van der Waals surface area contributed by atoms with Crippen LogP contribution in [0.15, 0.2) is 30.3 Å². The predicted octanol–water partition coefficient (Wildman–Crippen LogP) is 3.97. The van der Waals surface area contributed by atoms with Gasteiger partial charge in [-0.25, -0.2) is 0 Å². The van der Waals surface area contributed by atoms with Crippen molar-refractivity contribution in [3.05, 3.63) is 35.9 Å². The topological polar surface area (TPSA) is 27.7 Å². The lowest BCUT2D eigenvalue weighted by Gasteiger charge is -2.39. The lowest BCUT2D eigenvalue weighted by Crippen LogP contribution is -2.60. The Morgan fingerprint density at radius 1 is 1.05 bits per heavy atom. The van der Waals surface area contributed by atoms with E-state index in [9.17, 15) is 0 Å². The molecule has 0 unspecified atom stereocenters. The molecule has 0 aliphatic heterocycles. The van der Waals surface area contributed by atoms with Crippen molar-refractivity contribution in [3.63, 3.8) is 0 Å². The predicted molar refractivity (Wildman–Crippen MR) is 88.3 cm³/mol. The second-order valence-corrected chi connectivity index (χ2v) is 10.7. The Labute approximate surface area is 131 Å².